The van der Waals surface area contributed by atoms with Crippen LogP contribution in [-0.2, 0) is 11.3 Å². The topological polar surface area (TPSA) is 58.6 Å². The Kier molecular flexibility index (Phi) is 3.92. The molecule has 2 amide bonds. The van der Waals surface area contributed by atoms with Gasteiger partial charge in [0.25, 0.3) is 11.8 Å². The number of hydrogen-bond donors (Lipinski definition) is 1. The van der Waals surface area contributed by atoms with E-state index in [1.54, 1.807) is 4.90 Å². The maximum Gasteiger partial charge on any atom is 0.265 e. The summed E-state index contributed by atoms with van der Waals surface area (Å²) in [6.45, 7) is 2.51. The summed E-state index contributed by atoms with van der Waals surface area (Å²) in [5, 5.41) is 2.98. The van der Waals surface area contributed by atoms with Crippen LogP contribution in [-0.4, -0.2) is 24.5 Å². The van der Waals surface area contributed by atoms with Gasteiger partial charge in [0, 0.05) is 11.6 Å². The molecule has 1 aliphatic carbocycles. The van der Waals surface area contributed by atoms with Crippen LogP contribution in [0.1, 0.15) is 34.3 Å². The Balaban J connectivity index is 1.51. The summed E-state index contributed by atoms with van der Waals surface area (Å²) in [5.74, 6) is 0.643. The first-order valence-corrected chi connectivity index (χ1v) is 8.54. The fraction of sp³-hybridized carbons (Fsp3) is 0.300. The van der Waals surface area contributed by atoms with E-state index < -0.39 is 0 Å². The minimum Gasteiger partial charge on any atom is -0.482 e. The van der Waals surface area contributed by atoms with E-state index in [0.29, 0.717) is 18.2 Å². The van der Waals surface area contributed by atoms with E-state index in [0.717, 1.165) is 35.4 Å². The van der Waals surface area contributed by atoms with Gasteiger partial charge in [-0.3, -0.25) is 9.59 Å². The monoisotopic (exact) mass is 336 g/mol. The van der Waals surface area contributed by atoms with Crippen LogP contribution in [0.5, 0.6) is 5.75 Å². The lowest BCUT2D eigenvalue weighted by atomic mass is 10.1. The van der Waals surface area contributed by atoms with Gasteiger partial charge < -0.3 is 15.0 Å². The van der Waals surface area contributed by atoms with Crippen LogP contribution in [0, 0.1) is 6.92 Å². The van der Waals surface area contributed by atoms with Crippen molar-refractivity contribution in [1.82, 2.24) is 5.32 Å². The van der Waals surface area contributed by atoms with Gasteiger partial charge in [0.15, 0.2) is 6.61 Å². The Bertz CT molecular complexity index is 825. The number of nitrogens with zero attached hydrogens (tertiary/aromatic N) is 1. The van der Waals surface area contributed by atoms with Crippen molar-refractivity contribution in [3.05, 3.63) is 59.2 Å². The van der Waals surface area contributed by atoms with Gasteiger partial charge in [0.2, 0.25) is 0 Å². The summed E-state index contributed by atoms with van der Waals surface area (Å²) >= 11 is 0. The van der Waals surface area contributed by atoms with Crippen molar-refractivity contribution in [3.8, 4) is 5.75 Å². The first-order valence-electron chi connectivity index (χ1n) is 8.54. The molecule has 1 saturated carbocycles. The first kappa shape index (κ1) is 15.7. The molecule has 25 heavy (non-hydrogen) atoms. The number of amides is 2. The average Bonchev–Trinajstić information content (AvgIpc) is 3.42. The average molecular weight is 336 g/mol. The molecule has 0 unspecified atom stereocenters. The van der Waals surface area contributed by atoms with Gasteiger partial charge in [-0.25, -0.2) is 0 Å². The van der Waals surface area contributed by atoms with E-state index in [-0.39, 0.29) is 18.4 Å². The molecule has 128 valence electrons. The molecule has 5 heteroatoms. The molecule has 1 heterocycles. The van der Waals surface area contributed by atoms with E-state index in [1.807, 2.05) is 49.4 Å². The Morgan fingerprint density at radius 1 is 1.20 bits per heavy atom. The van der Waals surface area contributed by atoms with Crippen LogP contribution in [0.4, 0.5) is 5.69 Å². The van der Waals surface area contributed by atoms with Gasteiger partial charge >= 0.3 is 0 Å². The molecule has 0 bridgehead atoms. The molecule has 0 aromatic heterocycles. The minimum absolute atomic E-state index is 0.0303. The van der Waals surface area contributed by atoms with Gasteiger partial charge in [0.05, 0.1) is 12.2 Å². The number of benzene rings is 2. The SMILES string of the molecule is Cc1ccc2c(c1)OCC(=O)N2Cc1ccc(C(=O)NC2CC2)cc1. The Morgan fingerprint density at radius 3 is 2.68 bits per heavy atom. The molecule has 1 fully saturated rings. The van der Waals surface area contributed by atoms with Crippen LogP contribution >= 0.6 is 0 Å². The Labute approximate surface area is 146 Å². The molecule has 2 aromatic carbocycles. The first-order chi connectivity index (χ1) is 12.1. The van der Waals surface area contributed by atoms with E-state index in [9.17, 15) is 9.59 Å². The highest BCUT2D eigenvalue weighted by Gasteiger charge is 2.26. The summed E-state index contributed by atoms with van der Waals surface area (Å²) in [6.07, 6.45) is 2.14. The smallest absolute Gasteiger partial charge is 0.265 e. The largest absolute Gasteiger partial charge is 0.482 e. The predicted octanol–water partition coefficient (Wildman–Crippen LogP) is 2.81. The van der Waals surface area contributed by atoms with E-state index in [1.165, 1.54) is 0 Å². The lowest BCUT2D eigenvalue weighted by molar-refractivity contribution is -0.121. The summed E-state index contributed by atoms with van der Waals surface area (Å²) in [6, 6.07) is 13.6. The summed E-state index contributed by atoms with van der Waals surface area (Å²) in [4.78, 5) is 26.1. The number of nitrogens with one attached hydrogen (secondary N) is 1. The summed E-state index contributed by atoms with van der Waals surface area (Å²) < 4.78 is 5.53. The second-order valence-electron chi connectivity index (χ2n) is 6.68. The number of rotatable bonds is 4. The maximum atomic E-state index is 12.3. The molecule has 0 spiro atoms. The van der Waals surface area contributed by atoms with Crippen molar-refractivity contribution in [2.45, 2.75) is 32.4 Å². The zero-order valence-corrected chi connectivity index (χ0v) is 14.1. The summed E-state index contributed by atoms with van der Waals surface area (Å²) in [7, 11) is 0. The van der Waals surface area contributed by atoms with E-state index in [2.05, 4.69) is 5.32 Å². The number of hydrogen-bond acceptors (Lipinski definition) is 3. The van der Waals surface area contributed by atoms with Crippen molar-refractivity contribution < 1.29 is 14.3 Å². The molecule has 0 atom stereocenters. The molecule has 4 rings (SSSR count). The zero-order valence-electron chi connectivity index (χ0n) is 14.1. The van der Waals surface area contributed by atoms with Crippen molar-refractivity contribution in [2.24, 2.45) is 0 Å². The second kappa shape index (κ2) is 6.24. The van der Waals surface area contributed by atoms with Crippen molar-refractivity contribution >= 4 is 17.5 Å². The predicted molar refractivity (Wildman–Crippen MR) is 94.8 cm³/mol. The van der Waals surface area contributed by atoms with Gasteiger partial charge in [-0.05, 0) is 55.2 Å². The second-order valence-corrected chi connectivity index (χ2v) is 6.68. The molecule has 1 N–H and O–H groups in total. The molecule has 2 aromatic rings. The third-order valence-corrected chi connectivity index (χ3v) is 4.53. The number of carbonyl (C=O) groups is 2. The molecule has 1 aliphatic heterocycles. The third kappa shape index (κ3) is 3.36. The minimum atomic E-state index is -0.0630. The molecular formula is C20H20N2O3. The van der Waals surface area contributed by atoms with Crippen LogP contribution in [0.3, 0.4) is 0 Å². The van der Waals surface area contributed by atoms with Gasteiger partial charge in [0.1, 0.15) is 5.75 Å². The number of aryl methyl sites for hydroxylation is 1. The number of fused-ring (bicyclic) bond motifs is 1. The highest BCUT2D eigenvalue weighted by Crippen LogP contribution is 2.33. The summed E-state index contributed by atoms with van der Waals surface area (Å²) in [5.41, 5.74) is 3.52. The highest BCUT2D eigenvalue weighted by atomic mass is 16.5. The number of carbonyl (C=O) groups excluding carboxylic acids is 2. The van der Waals surface area contributed by atoms with Crippen LogP contribution in [0.25, 0.3) is 0 Å². The zero-order chi connectivity index (χ0) is 17.4. The quantitative estimate of drug-likeness (QED) is 0.934. The molecular weight excluding hydrogens is 316 g/mol. The Hall–Kier alpha value is -2.82. The van der Waals surface area contributed by atoms with Crippen LogP contribution < -0.4 is 15.0 Å². The molecule has 2 aliphatic rings. The van der Waals surface area contributed by atoms with Crippen LogP contribution in [0.15, 0.2) is 42.5 Å². The number of ether oxygens (including phenoxy) is 1. The van der Waals surface area contributed by atoms with E-state index in [4.69, 9.17) is 4.74 Å². The lowest BCUT2D eigenvalue weighted by Crippen LogP contribution is -2.38. The van der Waals surface area contributed by atoms with Crippen molar-refractivity contribution in [3.63, 3.8) is 0 Å². The van der Waals surface area contributed by atoms with Crippen molar-refractivity contribution in [1.29, 1.82) is 0 Å². The van der Waals surface area contributed by atoms with E-state index >= 15 is 0 Å². The number of anilines is 1. The fourth-order valence-corrected chi connectivity index (χ4v) is 2.93. The normalized spacial score (nSPS) is 16.2. The van der Waals surface area contributed by atoms with Crippen LogP contribution in [0.2, 0.25) is 0 Å². The Morgan fingerprint density at radius 2 is 1.96 bits per heavy atom. The maximum absolute atomic E-state index is 12.3. The third-order valence-electron chi connectivity index (χ3n) is 4.53. The van der Waals surface area contributed by atoms with Gasteiger partial charge in [-0.1, -0.05) is 18.2 Å². The van der Waals surface area contributed by atoms with Gasteiger partial charge in [-0.15, -0.1) is 0 Å². The van der Waals surface area contributed by atoms with Gasteiger partial charge in [-0.2, -0.15) is 0 Å². The van der Waals surface area contributed by atoms with Crippen molar-refractivity contribution in [2.75, 3.05) is 11.5 Å². The lowest BCUT2D eigenvalue weighted by Gasteiger charge is -2.29. The molecule has 0 saturated heterocycles. The molecule has 0 radical (unpaired) electrons. The molecule has 5 nitrogen and oxygen atoms in total. The standard InChI is InChI=1S/C20H20N2O3/c1-13-2-9-17-18(10-13)25-12-19(23)22(17)11-14-3-5-15(6-4-14)20(24)21-16-7-8-16/h2-6,9-10,16H,7-8,11-12H2,1H3,(H,21,24). The highest BCUT2D eigenvalue weighted by molar-refractivity contribution is 5.98. The fourth-order valence-electron chi connectivity index (χ4n) is 2.93.